The molecule has 2 saturated heterocycles. The maximum Gasteiger partial charge on any atom is 0.325 e. The number of amides is 11. The highest BCUT2D eigenvalue weighted by Crippen LogP contribution is 2.28. The molecule has 0 bridgehead atoms. The zero-order valence-electron chi connectivity index (χ0n) is 61.3. The van der Waals surface area contributed by atoms with Gasteiger partial charge in [0, 0.05) is 67.9 Å². The Hall–Kier alpha value is -10.4. The van der Waals surface area contributed by atoms with Gasteiger partial charge >= 0.3 is 5.97 Å². The van der Waals surface area contributed by atoms with Crippen LogP contribution in [-0.2, 0) is 83.2 Å². The van der Waals surface area contributed by atoms with E-state index in [2.05, 4.69) is 62.8 Å². The van der Waals surface area contributed by atoms with Gasteiger partial charge in [-0.1, -0.05) is 102 Å². The van der Waals surface area contributed by atoms with Crippen LogP contribution in [0.1, 0.15) is 129 Å². The lowest BCUT2D eigenvalue weighted by Crippen LogP contribution is -2.62. The molecule has 4 heterocycles. The summed E-state index contributed by atoms with van der Waals surface area (Å²) in [6.45, 7) is 10.8. The monoisotopic (exact) mass is 1490 g/mol. The number of hydrogen-bond donors (Lipinski definition) is 16. The highest BCUT2D eigenvalue weighted by molar-refractivity contribution is 6.00. The molecule has 7 rings (SSSR count). The van der Waals surface area contributed by atoms with Crippen LogP contribution in [0, 0.1) is 17.8 Å². The summed E-state index contributed by atoms with van der Waals surface area (Å²) < 4.78 is 27.0. The molecule has 0 saturated carbocycles. The fraction of sp³-hybridized carbons (Fsp3) is 0.527. The fourth-order valence-corrected chi connectivity index (χ4v) is 13.1. The quantitative estimate of drug-likeness (QED) is 0.0195. The van der Waals surface area contributed by atoms with Crippen molar-refractivity contribution in [3.05, 3.63) is 120 Å². The number of rotatable bonds is 41. The molecule has 0 radical (unpaired) electrons. The number of fused-ring (bicyclic) bond motifs is 1. The number of carbonyl (C=O) groups is 12. The number of carboxylic acids is 1. The highest BCUT2D eigenvalue weighted by Gasteiger charge is 2.45. The molecule has 33 heteroatoms. The smallest absolute Gasteiger partial charge is 0.325 e. The van der Waals surface area contributed by atoms with Gasteiger partial charge in [-0.2, -0.15) is 5.54 Å². The highest BCUT2D eigenvalue weighted by atomic mass is 18.2. The van der Waals surface area contributed by atoms with Crippen LogP contribution in [0.5, 0.6) is 5.75 Å². The standard InChI is InChI=1S/C74H102F2N16O15/c1-41(2)31-53(83-68(100)57(90-76)34-46-24-26-49(94)27-25-46)65(97)84-55(33-45-17-9-8-10-18-45)66(98)88-59(39-93)69(101)89-62(43(5)6)71(103)86-56(36-48-38-77-40-79-48)67(99)87-58(35-47-37-78-51-20-12-11-19-50(47)51)72(104)92-30-16-23-61(92)73(105)91-29-15-22-60(91)70(102)85-54(32-42(3)4)64(96)82-52(21-13-14-28-80-75)63(95)81-44(7)74(106)107/h8-12,17-20,24-27,37-38,40-44,52-62,78,80,90,93-94H,13-16,21-23,28-36,39H2,1-7H3,(H,77,79)(H,81,95)(H,82,96)(H,83,100)(H,84,97)(H,85,102)(H,86,103)(H,87,99)(H,88,98)(H,89,101)(H,106,107)/t44-,52-,53-,54-,55-,56-,57-,58-,59-,60-,61-,62-/m0/s1/i75-1,76-1. The van der Waals surface area contributed by atoms with E-state index in [0.29, 0.717) is 40.7 Å². The third-order valence-corrected chi connectivity index (χ3v) is 18.8. The van der Waals surface area contributed by atoms with Crippen molar-refractivity contribution < 1.29 is 81.8 Å². The number of carboxylic acid groups (broad SMARTS) is 1. The maximum atomic E-state index is 15.4. The third-order valence-electron chi connectivity index (χ3n) is 18.8. The number of aliphatic carboxylic acids is 1. The van der Waals surface area contributed by atoms with Gasteiger partial charge in [-0.05, 0) is 124 Å². The Bertz CT molecular complexity index is 3830. The topological polar surface area (TPSA) is 449 Å². The minimum absolute atomic E-state index is 0.0127. The molecular weight excluding hydrogens is 1390 g/mol. The number of imidazole rings is 1. The number of nitrogens with one attached hydrogen (secondary N) is 13. The van der Waals surface area contributed by atoms with Crippen LogP contribution in [-0.4, -0.2) is 210 Å². The molecule has 31 nitrogen and oxygen atoms in total. The molecule has 2 fully saturated rings. The molecule has 3 aromatic carbocycles. The second-order valence-electron chi connectivity index (χ2n) is 28.5. The van der Waals surface area contributed by atoms with E-state index in [-0.39, 0.29) is 108 Å². The second kappa shape index (κ2) is 40.9. The van der Waals surface area contributed by atoms with Gasteiger partial charge in [-0.15, -0.1) is 14.5 Å². The van der Waals surface area contributed by atoms with E-state index in [1.54, 1.807) is 70.3 Å². The molecular formula is C74H102F2N16O15. The number of H-pyrrole nitrogens is 2. The van der Waals surface area contributed by atoms with E-state index in [9.17, 15) is 67.4 Å². The average Bonchev–Trinajstić information content (AvgIpc) is 1.67. The number of aromatic amines is 2. The number of unbranched alkanes of at least 4 members (excludes halogenated alkanes) is 1. The summed E-state index contributed by atoms with van der Waals surface area (Å²) in [5.41, 5.74) is 5.75. The second-order valence-corrected chi connectivity index (χ2v) is 28.5. The van der Waals surface area contributed by atoms with E-state index in [0.717, 1.165) is 5.39 Å². The van der Waals surface area contributed by atoms with Crippen LogP contribution in [0.2, 0.25) is 0 Å². The predicted molar refractivity (Wildman–Crippen MR) is 388 cm³/mol. The molecule has 12 atom stereocenters. The number of aliphatic hydroxyl groups excluding tert-OH is 1. The van der Waals surface area contributed by atoms with E-state index in [1.165, 1.54) is 64.6 Å². The minimum Gasteiger partial charge on any atom is -0.508 e. The van der Waals surface area contributed by atoms with Crippen LogP contribution < -0.4 is 58.9 Å². The number of aromatic hydroxyl groups is 1. The molecule has 107 heavy (non-hydrogen) atoms. The van der Waals surface area contributed by atoms with Crippen LogP contribution in [0.25, 0.3) is 10.9 Å². The largest absolute Gasteiger partial charge is 0.508 e. The normalized spacial score (nSPS) is 17.1. The van der Waals surface area contributed by atoms with Gasteiger partial charge in [0.25, 0.3) is 0 Å². The molecule has 0 aliphatic carbocycles. The Balaban J connectivity index is 1.08. The molecule has 16 N–H and O–H groups in total. The molecule has 11 amide bonds. The van der Waals surface area contributed by atoms with Crippen molar-refractivity contribution in [1.82, 2.24) is 83.7 Å². The lowest BCUT2D eigenvalue weighted by atomic mass is 9.99. The molecule has 2 aromatic heterocycles. The van der Waals surface area contributed by atoms with Crippen molar-refractivity contribution in [2.24, 2.45) is 17.8 Å². The fourth-order valence-electron chi connectivity index (χ4n) is 13.1. The maximum absolute atomic E-state index is 15.4. The Kier molecular flexibility index (Phi) is 32.1. The Morgan fingerprint density at radius 1 is 0.542 bits per heavy atom. The van der Waals surface area contributed by atoms with E-state index in [1.807, 2.05) is 32.0 Å². The average molecular weight is 1490 g/mol. The number of hydrogen-bond acceptors (Lipinski definition) is 17. The first-order valence-corrected chi connectivity index (χ1v) is 36.3. The van der Waals surface area contributed by atoms with Gasteiger partial charge in [0.05, 0.1) is 12.9 Å². The first kappa shape index (κ1) is 83.9. The third kappa shape index (κ3) is 24.6. The number of nitrogens with zero attached hydrogens (tertiary/aromatic N) is 3. The summed E-state index contributed by atoms with van der Waals surface area (Å²) in [4.78, 5) is 183. The number of aliphatic hydroxyl groups is 1. The number of aromatic nitrogens is 3. The molecule has 5 aromatic rings. The van der Waals surface area contributed by atoms with Gasteiger partial charge in [0.15, 0.2) is 0 Å². The van der Waals surface area contributed by atoms with Gasteiger partial charge in [0.1, 0.15) is 78.3 Å². The zero-order chi connectivity index (χ0) is 78.0. The molecule has 582 valence electrons. The van der Waals surface area contributed by atoms with Gasteiger partial charge in [-0.25, -0.2) is 4.98 Å². The molecule has 2 aliphatic heterocycles. The Morgan fingerprint density at radius 3 is 1.69 bits per heavy atom. The number of likely N-dealkylation sites (tertiary alicyclic amines) is 2. The number of phenolic OH excluding ortho intramolecular Hbond substituents is 1. The summed E-state index contributed by atoms with van der Waals surface area (Å²) in [6.07, 6.45) is 5.55. The molecule has 0 spiro atoms. The van der Waals surface area contributed by atoms with Crippen molar-refractivity contribution in [3.8, 4) is 5.75 Å². The van der Waals surface area contributed by atoms with Crippen LogP contribution in [0.4, 0.5) is 8.96 Å². The summed E-state index contributed by atoms with van der Waals surface area (Å²) >= 11 is 0. The van der Waals surface area contributed by atoms with Gasteiger partial charge in [-0.3, -0.25) is 57.5 Å². The van der Waals surface area contributed by atoms with Gasteiger partial charge < -0.3 is 82.9 Å². The van der Waals surface area contributed by atoms with E-state index in [4.69, 9.17) is 0 Å². The summed E-state index contributed by atoms with van der Waals surface area (Å²) in [6, 6.07) is 5.14. The summed E-state index contributed by atoms with van der Waals surface area (Å²) in [5.74, 6) is -11.4. The van der Waals surface area contributed by atoms with Gasteiger partial charge in [0.2, 0.25) is 65.0 Å². The van der Waals surface area contributed by atoms with E-state index < -0.39 is 156 Å². The minimum atomic E-state index is -1.75. The van der Waals surface area contributed by atoms with Crippen LogP contribution in [0.15, 0.2) is 97.6 Å². The molecule has 0 unspecified atom stereocenters. The Labute approximate surface area is 619 Å². The van der Waals surface area contributed by atoms with Crippen molar-refractivity contribution in [1.29, 1.82) is 0 Å². The van der Waals surface area contributed by atoms with E-state index >= 15 is 14.4 Å². The first-order valence-electron chi connectivity index (χ1n) is 36.3. The van der Waals surface area contributed by atoms with Crippen LogP contribution >= 0.6 is 0 Å². The Morgan fingerprint density at radius 2 is 1.07 bits per heavy atom. The lowest BCUT2D eigenvalue weighted by Gasteiger charge is -2.34. The summed E-state index contributed by atoms with van der Waals surface area (Å²) in [7, 11) is 0. The van der Waals surface area contributed by atoms with Crippen molar-refractivity contribution in [2.75, 3.05) is 26.2 Å². The van der Waals surface area contributed by atoms with Crippen molar-refractivity contribution in [2.45, 2.75) is 204 Å². The first-order chi connectivity index (χ1) is 51.1. The van der Waals surface area contributed by atoms with Crippen molar-refractivity contribution in [3.63, 3.8) is 0 Å². The van der Waals surface area contributed by atoms with Crippen molar-refractivity contribution >= 4 is 81.9 Å². The molecule has 2 aliphatic rings. The SMILES string of the molecule is CC(C)C[C@H](NC(=O)[C@H](Cc1ccc(O)cc1)N[18F])C(=O)N[C@@H](Cc1ccccc1)C(=O)N[C@@H](CO)C(=O)N[C@H](C(=O)N[C@@H](Cc1cnc[nH]1)C(=O)N[C@@H](Cc1c[nH]c2ccccc12)C(=O)N1CCC[C@H]1C(=O)N1CCC[C@H]1C(=O)N[C@@H](CC(C)C)C(=O)N[C@@H](CCCCN[18F])C(=O)N[C@@H](C)C(=O)O)C(C)C. The number of phenols is 1. The van der Waals surface area contributed by atoms with Crippen LogP contribution in [0.3, 0.4) is 0 Å². The summed E-state index contributed by atoms with van der Waals surface area (Å²) in [5, 5.41) is 54.4. The number of carbonyl (C=O) groups excluding carboxylic acids is 11. The predicted octanol–water partition coefficient (Wildman–Crippen LogP) is 1.54. The lowest BCUT2D eigenvalue weighted by molar-refractivity contribution is -0.148. The number of halogens is 2. The number of para-hydroxylation sites is 1. The zero-order valence-corrected chi connectivity index (χ0v) is 61.3. The number of benzene rings is 3.